The summed E-state index contributed by atoms with van der Waals surface area (Å²) in [5, 5.41) is 0. The molecule has 1 heterocycles. The van der Waals surface area contributed by atoms with Gasteiger partial charge in [0.2, 0.25) is 0 Å². The average molecular weight is 341 g/mol. The van der Waals surface area contributed by atoms with Crippen molar-refractivity contribution in [2.75, 3.05) is 24.6 Å². The molecule has 20 heavy (non-hydrogen) atoms. The molecule has 3 nitrogen and oxygen atoms in total. The number of hydrogen-bond acceptors (Lipinski definition) is 3. The maximum absolute atomic E-state index is 5.98. The van der Waals surface area contributed by atoms with Crippen molar-refractivity contribution >= 4 is 21.6 Å². The van der Waals surface area contributed by atoms with E-state index in [0.717, 1.165) is 43.4 Å². The summed E-state index contributed by atoms with van der Waals surface area (Å²) in [6.45, 7) is 7.09. The largest absolute Gasteiger partial charge is 0.378 e. The monoisotopic (exact) mass is 340 g/mol. The molecule has 0 aliphatic carbocycles. The van der Waals surface area contributed by atoms with E-state index in [0.29, 0.717) is 6.10 Å². The summed E-state index contributed by atoms with van der Waals surface area (Å²) in [5.74, 6) is 0. The summed E-state index contributed by atoms with van der Waals surface area (Å²) in [6.07, 6.45) is 3.58. The van der Waals surface area contributed by atoms with Gasteiger partial charge in [-0.1, -0.05) is 15.9 Å². The van der Waals surface area contributed by atoms with Crippen molar-refractivity contribution in [1.82, 2.24) is 0 Å². The number of halogens is 1. The van der Waals surface area contributed by atoms with Gasteiger partial charge < -0.3 is 15.4 Å². The van der Waals surface area contributed by atoms with Crippen LogP contribution in [0.3, 0.4) is 0 Å². The zero-order valence-electron chi connectivity index (χ0n) is 12.4. The first-order valence-corrected chi connectivity index (χ1v) is 8.30. The topological polar surface area (TPSA) is 38.5 Å². The molecule has 0 radical (unpaired) electrons. The smallest absolute Gasteiger partial charge is 0.0608 e. The number of nitrogens with two attached hydrogens (primary N) is 1. The third-order valence-electron chi connectivity index (χ3n) is 3.77. The van der Waals surface area contributed by atoms with E-state index in [1.54, 1.807) is 0 Å². The summed E-state index contributed by atoms with van der Waals surface area (Å²) in [4.78, 5) is 2.47. The number of benzene rings is 1. The van der Waals surface area contributed by atoms with E-state index in [2.05, 4.69) is 52.9 Å². The van der Waals surface area contributed by atoms with Gasteiger partial charge in [-0.15, -0.1) is 0 Å². The third-order valence-corrected chi connectivity index (χ3v) is 4.26. The number of nitrogens with zero attached hydrogens (tertiary/aromatic N) is 1. The van der Waals surface area contributed by atoms with E-state index in [9.17, 15) is 0 Å². The first kappa shape index (κ1) is 15.8. The molecule has 0 saturated carbocycles. The van der Waals surface area contributed by atoms with E-state index in [1.165, 1.54) is 11.3 Å². The molecule has 1 atom stereocenters. The minimum atomic E-state index is 0.184. The Morgan fingerprint density at radius 3 is 2.70 bits per heavy atom. The highest BCUT2D eigenvalue weighted by Crippen LogP contribution is 2.28. The van der Waals surface area contributed by atoms with Crippen LogP contribution in [-0.4, -0.2) is 31.8 Å². The molecule has 0 bridgehead atoms. The lowest BCUT2D eigenvalue weighted by molar-refractivity contribution is 0.0459. The van der Waals surface area contributed by atoms with Crippen LogP contribution < -0.4 is 10.6 Å². The highest BCUT2D eigenvalue weighted by molar-refractivity contribution is 9.10. The molecule has 1 aliphatic rings. The quantitative estimate of drug-likeness (QED) is 0.893. The van der Waals surface area contributed by atoms with Gasteiger partial charge in [0.25, 0.3) is 0 Å². The molecule has 1 aliphatic heterocycles. The Hall–Kier alpha value is -0.580. The van der Waals surface area contributed by atoms with Crippen LogP contribution in [0.1, 0.15) is 32.3 Å². The average Bonchev–Trinajstić information content (AvgIpc) is 2.40. The standard InChI is InChI=1S/C16H25BrN2O/c1-3-20-15-6-8-19(9-7-15)16-5-4-14(17)11-13(16)10-12(2)18/h4-5,11-12,15H,3,6-10,18H2,1-2H3. The van der Waals surface area contributed by atoms with Gasteiger partial charge >= 0.3 is 0 Å². The van der Waals surface area contributed by atoms with Crippen LogP contribution in [0, 0.1) is 0 Å². The second kappa shape index (κ2) is 7.43. The third kappa shape index (κ3) is 4.21. The molecule has 1 fully saturated rings. The summed E-state index contributed by atoms with van der Waals surface area (Å²) in [6, 6.07) is 6.72. The van der Waals surface area contributed by atoms with Crippen LogP contribution in [0.5, 0.6) is 0 Å². The van der Waals surface area contributed by atoms with Crippen molar-refractivity contribution in [3.63, 3.8) is 0 Å². The predicted octanol–water partition coefficient (Wildman–Crippen LogP) is 3.34. The van der Waals surface area contributed by atoms with E-state index >= 15 is 0 Å². The van der Waals surface area contributed by atoms with Crippen molar-refractivity contribution in [3.05, 3.63) is 28.2 Å². The molecule has 112 valence electrons. The number of anilines is 1. The zero-order chi connectivity index (χ0) is 14.5. The number of piperidine rings is 1. The lowest BCUT2D eigenvalue weighted by Crippen LogP contribution is -2.37. The summed E-state index contributed by atoms with van der Waals surface area (Å²) < 4.78 is 6.85. The van der Waals surface area contributed by atoms with Crippen molar-refractivity contribution in [2.45, 2.75) is 45.3 Å². The molecule has 0 spiro atoms. The van der Waals surface area contributed by atoms with Gasteiger partial charge in [0, 0.05) is 35.9 Å². The number of hydrogen-bond donors (Lipinski definition) is 1. The molecule has 1 unspecified atom stereocenters. The second-order valence-electron chi connectivity index (χ2n) is 5.60. The maximum Gasteiger partial charge on any atom is 0.0608 e. The Labute approximate surface area is 130 Å². The minimum absolute atomic E-state index is 0.184. The second-order valence-corrected chi connectivity index (χ2v) is 6.51. The normalized spacial score (nSPS) is 18.3. The van der Waals surface area contributed by atoms with Crippen molar-refractivity contribution < 1.29 is 4.74 Å². The molecule has 2 N–H and O–H groups in total. The van der Waals surface area contributed by atoms with Gasteiger partial charge in [-0.2, -0.15) is 0 Å². The van der Waals surface area contributed by atoms with E-state index in [4.69, 9.17) is 10.5 Å². The van der Waals surface area contributed by atoms with Gasteiger partial charge in [0.15, 0.2) is 0 Å². The molecule has 1 aromatic rings. The fourth-order valence-corrected chi connectivity index (χ4v) is 3.28. The van der Waals surface area contributed by atoms with Crippen LogP contribution >= 0.6 is 15.9 Å². The molecule has 0 amide bonds. The predicted molar refractivity (Wildman–Crippen MR) is 88.4 cm³/mol. The molecular formula is C16H25BrN2O. The van der Waals surface area contributed by atoms with Gasteiger partial charge in [-0.05, 0) is 56.9 Å². The summed E-state index contributed by atoms with van der Waals surface area (Å²) in [5.41, 5.74) is 8.65. The van der Waals surface area contributed by atoms with Crippen LogP contribution in [0.2, 0.25) is 0 Å². The van der Waals surface area contributed by atoms with Gasteiger partial charge in [-0.3, -0.25) is 0 Å². The first-order valence-electron chi connectivity index (χ1n) is 7.50. The Morgan fingerprint density at radius 2 is 2.10 bits per heavy atom. The number of rotatable bonds is 5. The van der Waals surface area contributed by atoms with Crippen LogP contribution in [0.4, 0.5) is 5.69 Å². The SMILES string of the molecule is CCOC1CCN(c2ccc(Br)cc2CC(C)N)CC1. The first-order chi connectivity index (χ1) is 9.60. The highest BCUT2D eigenvalue weighted by Gasteiger charge is 2.21. The fourth-order valence-electron chi connectivity index (χ4n) is 2.87. The Balaban J connectivity index is 2.09. The molecule has 0 aromatic heterocycles. The molecule has 4 heteroatoms. The fraction of sp³-hybridized carbons (Fsp3) is 0.625. The lowest BCUT2D eigenvalue weighted by atomic mass is 10.0. The van der Waals surface area contributed by atoms with Crippen LogP contribution in [0.25, 0.3) is 0 Å². The van der Waals surface area contributed by atoms with Gasteiger partial charge in [-0.25, -0.2) is 0 Å². The van der Waals surface area contributed by atoms with Crippen molar-refractivity contribution in [1.29, 1.82) is 0 Å². The molecule has 1 saturated heterocycles. The molecular weight excluding hydrogens is 316 g/mol. The van der Waals surface area contributed by atoms with Crippen molar-refractivity contribution in [3.8, 4) is 0 Å². The zero-order valence-corrected chi connectivity index (χ0v) is 14.0. The number of ether oxygens (including phenoxy) is 1. The Morgan fingerprint density at radius 1 is 1.40 bits per heavy atom. The Kier molecular flexibility index (Phi) is 5.87. The summed E-state index contributed by atoms with van der Waals surface area (Å²) >= 11 is 3.56. The van der Waals surface area contributed by atoms with Crippen LogP contribution in [-0.2, 0) is 11.2 Å². The van der Waals surface area contributed by atoms with E-state index in [1.807, 2.05) is 0 Å². The van der Waals surface area contributed by atoms with Gasteiger partial charge in [0.05, 0.1) is 6.10 Å². The van der Waals surface area contributed by atoms with Crippen LogP contribution in [0.15, 0.2) is 22.7 Å². The molecule has 1 aromatic carbocycles. The molecule has 2 rings (SSSR count). The lowest BCUT2D eigenvalue weighted by Gasteiger charge is -2.35. The van der Waals surface area contributed by atoms with Gasteiger partial charge in [0.1, 0.15) is 0 Å². The van der Waals surface area contributed by atoms with Crippen molar-refractivity contribution in [2.24, 2.45) is 5.73 Å². The summed E-state index contributed by atoms with van der Waals surface area (Å²) in [7, 11) is 0. The van der Waals surface area contributed by atoms with E-state index in [-0.39, 0.29) is 6.04 Å². The maximum atomic E-state index is 5.98. The minimum Gasteiger partial charge on any atom is -0.378 e. The highest BCUT2D eigenvalue weighted by atomic mass is 79.9. The van der Waals surface area contributed by atoms with E-state index < -0.39 is 0 Å². The Bertz CT molecular complexity index is 428.